The molecule has 2 aromatic carbocycles. The molecule has 36 heavy (non-hydrogen) atoms. The van der Waals surface area contributed by atoms with Gasteiger partial charge in [0.1, 0.15) is 17.0 Å². The molecule has 0 radical (unpaired) electrons. The summed E-state index contributed by atoms with van der Waals surface area (Å²) in [4.78, 5) is 21.7. The number of nitrogens with one attached hydrogen (secondary N) is 1. The van der Waals surface area contributed by atoms with E-state index in [0.717, 1.165) is 54.0 Å². The number of hydrogen-bond acceptors (Lipinski definition) is 8. The van der Waals surface area contributed by atoms with Gasteiger partial charge in [0.2, 0.25) is 5.91 Å². The Labute approximate surface area is 218 Å². The maximum absolute atomic E-state index is 12.7. The fourth-order valence-electron chi connectivity index (χ4n) is 4.40. The third-order valence-electron chi connectivity index (χ3n) is 6.26. The number of hydrogen-bond donors (Lipinski definition) is 2. The van der Waals surface area contributed by atoms with E-state index >= 15 is 0 Å². The normalized spacial score (nSPS) is 14.9. The number of carbonyl (C=O) groups is 1. The molecule has 1 amide bonds. The third kappa shape index (κ3) is 5.40. The zero-order chi connectivity index (χ0) is 25.1. The van der Waals surface area contributed by atoms with Crippen LogP contribution in [0, 0.1) is 0 Å². The first kappa shape index (κ1) is 24.7. The number of methoxy groups -OCH3 is 1. The number of halogens is 1. The molecular weight excluding hydrogens is 500 g/mol. The third-order valence-corrected chi connectivity index (χ3v) is 7.27. The van der Waals surface area contributed by atoms with E-state index in [0.29, 0.717) is 34.7 Å². The highest BCUT2D eigenvalue weighted by molar-refractivity contribution is 7.14. The molecule has 3 heterocycles. The van der Waals surface area contributed by atoms with Crippen LogP contribution in [0.5, 0.6) is 5.75 Å². The van der Waals surface area contributed by atoms with E-state index in [2.05, 4.69) is 20.1 Å². The summed E-state index contributed by atoms with van der Waals surface area (Å²) in [6.45, 7) is 4.42. The van der Waals surface area contributed by atoms with Gasteiger partial charge in [-0.1, -0.05) is 23.7 Å². The fraction of sp³-hybridized carbons (Fsp3) is 0.308. The van der Waals surface area contributed by atoms with Crippen LogP contribution < -0.4 is 10.1 Å². The average Bonchev–Trinajstić information content (AvgIpc) is 3.50. The number of aliphatic hydroxyl groups excluding tert-OH is 1. The van der Waals surface area contributed by atoms with E-state index in [4.69, 9.17) is 25.9 Å². The van der Waals surface area contributed by atoms with Gasteiger partial charge in [0.25, 0.3) is 0 Å². The number of benzene rings is 2. The van der Waals surface area contributed by atoms with E-state index in [1.807, 2.05) is 47.8 Å². The molecule has 5 rings (SSSR count). The van der Waals surface area contributed by atoms with Gasteiger partial charge in [-0.25, -0.2) is 4.98 Å². The Morgan fingerprint density at radius 2 is 1.92 bits per heavy atom. The molecule has 8 nitrogen and oxygen atoms in total. The van der Waals surface area contributed by atoms with Crippen LogP contribution in [0.2, 0.25) is 5.02 Å². The van der Waals surface area contributed by atoms with Crippen molar-refractivity contribution in [3.8, 4) is 28.3 Å². The molecule has 0 atom stereocenters. The van der Waals surface area contributed by atoms with Gasteiger partial charge < -0.3 is 19.6 Å². The lowest BCUT2D eigenvalue weighted by molar-refractivity contribution is -0.117. The smallest absolute Gasteiger partial charge is 0.240 e. The molecule has 1 aliphatic heterocycles. The van der Waals surface area contributed by atoms with Crippen LogP contribution in [0.15, 0.2) is 52.3 Å². The van der Waals surface area contributed by atoms with Crippen LogP contribution in [0.25, 0.3) is 33.6 Å². The lowest BCUT2D eigenvalue weighted by atomic mass is 10.0. The number of nitrogens with zero attached hydrogens (tertiary/aromatic N) is 3. The molecule has 2 N–H and O–H groups in total. The van der Waals surface area contributed by atoms with Gasteiger partial charge in [0.15, 0.2) is 10.9 Å². The van der Waals surface area contributed by atoms with Crippen molar-refractivity contribution in [2.45, 2.75) is 0 Å². The minimum atomic E-state index is -0.0984. The van der Waals surface area contributed by atoms with Crippen molar-refractivity contribution >= 4 is 44.9 Å². The Morgan fingerprint density at radius 1 is 1.17 bits per heavy atom. The largest absolute Gasteiger partial charge is 0.497 e. The number of aliphatic hydroxyl groups is 1. The van der Waals surface area contributed by atoms with Crippen molar-refractivity contribution in [3.63, 3.8) is 0 Å². The van der Waals surface area contributed by atoms with E-state index < -0.39 is 0 Å². The van der Waals surface area contributed by atoms with Gasteiger partial charge in [-0.05, 0) is 35.9 Å². The maximum Gasteiger partial charge on any atom is 0.240 e. The zero-order valence-corrected chi connectivity index (χ0v) is 21.4. The average molecular weight is 527 g/mol. The number of furan rings is 1. The number of anilines is 1. The Bertz CT molecular complexity index is 1350. The number of piperazine rings is 1. The number of amides is 1. The van der Waals surface area contributed by atoms with Crippen molar-refractivity contribution in [1.29, 1.82) is 0 Å². The van der Waals surface area contributed by atoms with Gasteiger partial charge in [-0.3, -0.25) is 14.6 Å². The van der Waals surface area contributed by atoms with E-state index in [9.17, 15) is 4.79 Å². The quantitative estimate of drug-likeness (QED) is 0.351. The molecular formula is C26H27ClN4O4S. The summed E-state index contributed by atoms with van der Waals surface area (Å²) in [5.41, 5.74) is 3.20. The van der Waals surface area contributed by atoms with Crippen LogP contribution in [0.1, 0.15) is 0 Å². The molecule has 188 valence electrons. The highest BCUT2D eigenvalue weighted by Gasteiger charge is 2.22. The second kappa shape index (κ2) is 11.0. The molecule has 1 aliphatic rings. The topological polar surface area (TPSA) is 91.1 Å². The molecule has 0 spiro atoms. The van der Waals surface area contributed by atoms with Crippen LogP contribution in [0.4, 0.5) is 5.13 Å². The van der Waals surface area contributed by atoms with Crippen molar-refractivity contribution in [2.24, 2.45) is 0 Å². The number of β-amino-alcohol motifs (C(OH)–C–C–N with tert-alkyl or cyclic N) is 1. The van der Waals surface area contributed by atoms with Gasteiger partial charge in [0, 0.05) is 54.1 Å². The summed E-state index contributed by atoms with van der Waals surface area (Å²) < 4.78 is 11.7. The number of aromatic nitrogens is 1. The second-order valence-corrected chi connectivity index (χ2v) is 9.90. The number of carbonyl (C=O) groups excluding carboxylic acids is 1. The molecule has 4 aromatic rings. The lowest BCUT2D eigenvalue weighted by Crippen LogP contribution is -2.49. The first-order valence-corrected chi connectivity index (χ1v) is 13.0. The number of fused-ring (bicyclic) bond motifs is 1. The molecule has 1 fully saturated rings. The summed E-state index contributed by atoms with van der Waals surface area (Å²) in [6, 6.07) is 13.3. The van der Waals surface area contributed by atoms with Crippen molar-refractivity contribution in [3.05, 3.63) is 52.9 Å². The Balaban J connectivity index is 1.36. The highest BCUT2D eigenvalue weighted by atomic mass is 35.5. The zero-order valence-electron chi connectivity index (χ0n) is 19.9. The molecule has 0 bridgehead atoms. The highest BCUT2D eigenvalue weighted by Crippen LogP contribution is 2.42. The summed E-state index contributed by atoms with van der Waals surface area (Å²) in [6.07, 6.45) is 0. The predicted molar refractivity (Wildman–Crippen MR) is 143 cm³/mol. The summed E-state index contributed by atoms with van der Waals surface area (Å²) in [5.74, 6) is 1.25. The fourth-order valence-corrected chi connectivity index (χ4v) is 5.23. The van der Waals surface area contributed by atoms with E-state index in [1.165, 1.54) is 11.3 Å². The van der Waals surface area contributed by atoms with Crippen molar-refractivity contribution < 1.29 is 19.1 Å². The lowest BCUT2D eigenvalue weighted by Gasteiger charge is -2.33. The standard InChI is InChI=1S/C26H27ClN4O4S/c1-34-19-6-7-22-20(14-19)24(17-2-4-18(27)5-3-17)25(35-22)21-16-36-26(28-21)29-23(33)15-31-10-8-30(9-11-31)12-13-32/h2-7,14,16,32H,8-13,15H2,1H3,(H,28,29,33). The van der Waals surface area contributed by atoms with E-state index in [1.54, 1.807) is 7.11 Å². The van der Waals surface area contributed by atoms with Gasteiger partial charge in [-0.2, -0.15) is 0 Å². The summed E-state index contributed by atoms with van der Waals surface area (Å²) in [5, 5.41) is 16.0. The second-order valence-electron chi connectivity index (χ2n) is 8.60. The minimum absolute atomic E-state index is 0.0984. The molecule has 0 aliphatic carbocycles. The molecule has 0 saturated carbocycles. The predicted octanol–water partition coefficient (Wildman–Crippen LogP) is 4.43. The van der Waals surface area contributed by atoms with Crippen LogP contribution >= 0.6 is 22.9 Å². The SMILES string of the molecule is COc1ccc2oc(-c3csc(NC(=O)CN4CCN(CCO)CC4)n3)c(-c3ccc(Cl)cc3)c2c1. The Morgan fingerprint density at radius 3 is 2.64 bits per heavy atom. The van der Waals surface area contributed by atoms with Crippen molar-refractivity contribution in [2.75, 3.05) is 58.3 Å². The maximum atomic E-state index is 12.7. The number of ether oxygens (including phenoxy) is 1. The van der Waals surface area contributed by atoms with Crippen LogP contribution in [-0.2, 0) is 4.79 Å². The number of rotatable bonds is 8. The van der Waals surface area contributed by atoms with E-state index in [-0.39, 0.29) is 12.5 Å². The van der Waals surface area contributed by atoms with Gasteiger partial charge in [0.05, 0.1) is 20.3 Å². The number of thiazole rings is 1. The Kier molecular flexibility index (Phi) is 7.54. The van der Waals surface area contributed by atoms with Gasteiger partial charge in [-0.15, -0.1) is 11.3 Å². The summed E-state index contributed by atoms with van der Waals surface area (Å²) >= 11 is 7.49. The van der Waals surface area contributed by atoms with Gasteiger partial charge >= 0.3 is 0 Å². The minimum Gasteiger partial charge on any atom is -0.497 e. The monoisotopic (exact) mass is 526 g/mol. The summed E-state index contributed by atoms with van der Waals surface area (Å²) in [7, 11) is 1.63. The van der Waals surface area contributed by atoms with Crippen LogP contribution in [-0.4, -0.2) is 78.8 Å². The first-order chi connectivity index (χ1) is 17.5. The molecule has 2 aromatic heterocycles. The van der Waals surface area contributed by atoms with Crippen LogP contribution in [0.3, 0.4) is 0 Å². The first-order valence-electron chi connectivity index (χ1n) is 11.7. The Hall–Kier alpha value is -2.95. The molecule has 1 saturated heterocycles. The molecule has 0 unspecified atom stereocenters. The molecule has 10 heteroatoms. The van der Waals surface area contributed by atoms with Crippen molar-refractivity contribution in [1.82, 2.24) is 14.8 Å².